The van der Waals surface area contributed by atoms with Gasteiger partial charge in [0.05, 0.1) is 5.60 Å². The molecule has 0 saturated carbocycles. The van der Waals surface area contributed by atoms with Crippen LogP contribution in [0.25, 0.3) is 0 Å². The Balaban J connectivity index is 1.68. The monoisotopic (exact) mass is 290 g/mol. The third-order valence-corrected chi connectivity index (χ3v) is 4.56. The Kier molecular flexibility index (Phi) is 4.40. The van der Waals surface area contributed by atoms with Gasteiger partial charge in [0.2, 0.25) is 0 Å². The van der Waals surface area contributed by atoms with E-state index < -0.39 is 0 Å². The van der Waals surface area contributed by atoms with Crippen molar-refractivity contribution in [3.63, 3.8) is 0 Å². The van der Waals surface area contributed by atoms with Gasteiger partial charge in [0.25, 0.3) is 0 Å². The highest BCUT2D eigenvalue weighted by molar-refractivity contribution is 5.37. The number of ether oxygens (including phenoxy) is 1. The molecule has 1 unspecified atom stereocenters. The summed E-state index contributed by atoms with van der Waals surface area (Å²) in [5.41, 5.74) is 1.14. The topological polar surface area (TPSA) is 59.1 Å². The molecule has 116 valence electrons. The number of nitrogens with zero attached hydrogens (tertiary/aromatic N) is 2. The predicted octanol–water partition coefficient (Wildman–Crippen LogP) is 2.23. The van der Waals surface area contributed by atoms with E-state index in [0.29, 0.717) is 5.92 Å². The van der Waals surface area contributed by atoms with E-state index in [0.717, 1.165) is 63.6 Å². The minimum absolute atomic E-state index is 0.0478. The van der Waals surface area contributed by atoms with Crippen LogP contribution in [-0.2, 0) is 4.74 Å². The molecular formula is C16H26N4O. The van der Waals surface area contributed by atoms with Gasteiger partial charge in [-0.15, -0.1) is 0 Å². The second-order valence-corrected chi connectivity index (χ2v) is 6.51. The molecule has 1 atom stereocenters. The lowest BCUT2D eigenvalue weighted by Crippen LogP contribution is -2.33. The van der Waals surface area contributed by atoms with Gasteiger partial charge >= 0.3 is 0 Å². The van der Waals surface area contributed by atoms with E-state index in [4.69, 9.17) is 4.74 Å². The molecule has 0 spiro atoms. The van der Waals surface area contributed by atoms with E-state index >= 15 is 0 Å². The quantitative estimate of drug-likeness (QED) is 0.890. The van der Waals surface area contributed by atoms with Crippen molar-refractivity contribution in [3.05, 3.63) is 17.6 Å². The highest BCUT2D eigenvalue weighted by Gasteiger charge is 2.29. The molecule has 2 aliphatic rings. The van der Waals surface area contributed by atoms with Crippen molar-refractivity contribution in [2.75, 3.05) is 31.6 Å². The minimum atomic E-state index is -0.0478. The van der Waals surface area contributed by atoms with Crippen LogP contribution in [0.15, 0.2) is 6.07 Å². The normalized spacial score (nSPS) is 27.0. The summed E-state index contributed by atoms with van der Waals surface area (Å²) in [5.74, 6) is 2.35. The molecule has 2 fully saturated rings. The fourth-order valence-corrected chi connectivity index (χ4v) is 3.26. The molecule has 0 aliphatic carbocycles. The average molecular weight is 290 g/mol. The Morgan fingerprint density at radius 1 is 1.38 bits per heavy atom. The summed E-state index contributed by atoms with van der Waals surface area (Å²) in [6.07, 6.45) is 4.60. The zero-order valence-corrected chi connectivity index (χ0v) is 13.1. The van der Waals surface area contributed by atoms with Gasteiger partial charge in [-0.05, 0) is 52.6 Å². The van der Waals surface area contributed by atoms with Crippen molar-refractivity contribution in [3.8, 4) is 0 Å². The van der Waals surface area contributed by atoms with Gasteiger partial charge in [-0.3, -0.25) is 0 Å². The second kappa shape index (κ2) is 6.28. The van der Waals surface area contributed by atoms with Crippen LogP contribution in [-0.4, -0.2) is 41.8 Å². The van der Waals surface area contributed by atoms with Crippen LogP contribution < -0.4 is 10.6 Å². The first-order chi connectivity index (χ1) is 10.1. The molecule has 2 saturated heterocycles. The summed E-state index contributed by atoms with van der Waals surface area (Å²) < 4.78 is 5.82. The van der Waals surface area contributed by atoms with Gasteiger partial charge in [0.1, 0.15) is 11.6 Å². The van der Waals surface area contributed by atoms with E-state index in [9.17, 15) is 0 Å². The summed E-state index contributed by atoms with van der Waals surface area (Å²) in [5, 5.41) is 6.86. The van der Waals surface area contributed by atoms with Crippen molar-refractivity contribution in [2.24, 2.45) is 0 Å². The van der Waals surface area contributed by atoms with Gasteiger partial charge in [-0.2, -0.15) is 0 Å². The molecule has 1 aromatic rings. The number of hydrogen-bond acceptors (Lipinski definition) is 5. The number of piperidine rings is 1. The fourth-order valence-electron chi connectivity index (χ4n) is 3.26. The summed E-state index contributed by atoms with van der Waals surface area (Å²) in [4.78, 5) is 9.17. The van der Waals surface area contributed by atoms with E-state index in [1.165, 1.54) is 5.69 Å². The molecule has 5 nitrogen and oxygen atoms in total. The molecule has 21 heavy (non-hydrogen) atoms. The first-order valence-electron chi connectivity index (χ1n) is 8.09. The minimum Gasteiger partial charge on any atom is -0.373 e. The summed E-state index contributed by atoms with van der Waals surface area (Å²) in [6, 6.07) is 2.13. The molecule has 0 aromatic carbocycles. The van der Waals surface area contributed by atoms with Gasteiger partial charge in [0, 0.05) is 30.8 Å². The van der Waals surface area contributed by atoms with Crippen LogP contribution in [0.2, 0.25) is 0 Å². The maximum absolute atomic E-state index is 5.82. The average Bonchev–Trinajstić information content (AvgIpc) is 2.93. The number of rotatable bonds is 4. The lowest BCUT2D eigenvalue weighted by Gasteiger charge is -2.25. The summed E-state index contributed by atoms with van der Waals surface area (Å²) in [7, 11) is 0. The number of hydrogen-bond donors (Lipinski definition) is 2. The van der Waals surface area contributed by atoms with Gasteiger partial charge in [-0.1, -0.05) is 0 Å². The Morgan fingerprint density at radius 3 is 2.90 bits per heavy atom. The van der Waals surface area contributed by atoms with E-state index in [1.807, 2.05) is 6.92 Å². The Bertz CT molecular complexity index is 479. The SMILES string of the molecule is Cc1nc(NCC2(C)CCCO2)cc(C2CCNCC2)n1. The number of aryl methyl sites for hydroxylation is 1. The molecule has 2 aliphatic heterocycles. The molecule has 3 rings (SSSR count). The van der Waals surface area contributed by atoms with Crippen molar-refractivity contribution >= 4 is 5.82 Å². The van der Waals surface area contributed by atoms with Gasteiger partial charge in [-0.25, -0.2) is 9.97 Å². The highest BCUT2D eigenvalue weighted by Crippen LogP contribution is 2.27. The molecule has 0 amide bonds. The molecule has 1 aromatic heterocycles. The van der Waals surface area contributed by atoms with Crippen LogP contribution in [0.3, 0.4) is 0 Å². The molecule has 2 N–H and O–H groups in total. The number of nitrogens with one attached hydrogen (secondary N) is 2. The Labute approximate surface area is 126 Å². The maximum atomic E-state index is 5.82. The first kappa shape index (κ1) is 14.7. The summed E-state index contributed by atoms with van der Waals surface area (Å²) in [6.45, 7) is 8.01. The lowest BCUT2D eigenvalue weighted by atomic mass is 9.94. The van der Waals surface area contributed by atoms with Crippen molar-refractivity contribution < 1.29 is 4.74 Å². The van der Waals surface area contributed by atoms with Gasteiger partial charge in [0.15, 0.2) is 0 Å². The Hall–Kier alpha value is -1.20. The molecule has 5 heteroatoms. The zero-order chi connectivity index (χ0) is 14.7. The second-order valence-electron chi connectivity index (χ2n) is 6.51. The van der Waals surface area contributed by atoms with E-state index in [1.54, 1.807) is 0 Å². The molecular weight excluding hydrogens is 264 g/mol. The largest absolute Gasteiger partial charge is 0.373 e. The van der Waals surface area contributed by atoms with E-state index in [-0.39, 0.29) is 5.60 Å². The van der Waals surface area contributed by atoms with Crippen LogP contribution in [0.5, 0.6) is 0 Å². The molecule has 0 bridgehead atoms. The maximum Gasteiger partial charge on any atom is 0.130 e. The van der Waals surface area contributed by atoms with Gasteiger partial charge < -0.3 is 15.4 Å². The third-order valence-electron chi connectivity index (χ3n) is 4.56. The highest BCUT2D eigenvalue weighted by atomic mass is 16.5. The van der Waals surface area contributed by atoms with Crippen LogP contribution in [0.1, 0.15) is 50.0 Å². The number of aromatic nitrogens is 2. The van der Waals surface area contributed by atoms with Crippen molar-refractivity contribution in [1.29, 1.82) is 0 Å². The zero-order valence-electron chi connectivity index (χ0n) is 13.1. The van der Waals surface area contributed by atoms with Crippen molar-refractivity contribution in [2.45, 2.75) is 51.0 Å². The first-order valence-corrected chi connectivity index (χ1v) is 8.09. The fraction of sp³-hybridized carbons (Fsp3) is 0.750. The van der Waals surface area contributed by atoms with Crippen molar-refractivity contribution in [1.82, 2.24) is 15.3 Å². The van der Waals surface area contributed by atoms with E-state index in [2.05, 4.69) is 33.6 Å². The molecule has 3 heterocycles. The predicted molar refractivity (Wildman–Crippen MR) is 83.7 cm³/mol. The smallest absolute Gasteiger partial charge is 0.130 e. The third kappa shape index (κ3) is 3.71. The van der Waals surface area contributed by atoms with Crippen LogP contribution in [0.4, 0.5) is 5.82 Å². The standard InChI is InChI=1S/C16H26N4O/c1-12-19-14(13-4-7-17-8-5-13)10-15(20-12)18-11-16(2)6-3-9-21-16/h10,13,17H,3-9,11H2,1-2H3,(H,18,19,20). The summed E-state index contributed by atoms with van der Waals surface area (Å²) >= 11 is 0. The lowest BCUT2D eigenvalue weighted by molar-refractivity contribution is 0.0314. The molecule has 0 radical (unpaired) electrons. The van der Waals surface area contributed by atoms with Crippen LogP contribution in [0, 0.1) is 6.92 Å². The Morgan fingerprint density at radius 2 is 2.19 bits per heavy atom. The number of anilines is 1. The van der Waals surface area contributed by atoms with Crippen LogP contribution >= 0.6 is 0 Å².